The number of phenolic OH excluding ortho intramolecular Hbond substituents is 1. The number of aromatic hydroxyl groups is 1. The third-order valence-corrected chi connectivity index (χ3v) is 15.4. The highest BCUT2D eigenvalue weighted by atomic mass is 32.1. The molecule has 8 atom stereocenters. The summed E-state index contributed by atoms with van der Waals surface area (Å²) in [6, 6.07) is 30.1. The summed E-state index contributed by atoms with van der Waals surface area (Å²) in [5, 5.41) is 33.9. The summed E-state index contributed by atoms with van der Waals surface area (Å²) >= 11 is 8.71. The van der Waals surface area contributed by atoms with Crippen molar-refractivity contribution in [3.63, 3.8) is 0 Å². The van der Waals surface area contributed by atoms with Gasteiger partial charge in [0.25, 0.3) is 0 Å². The van der Waals surface area contributed by atoms with Crippen molar-refractivity contribution >= 4 is 105 Å². The predicted octanol–water partition coefficient (Wildman–Crippen LogP) is 3.30. The quantitative estimate of drug-likeness (QED) is 0.0229. The number of rotatable bonds is 30. The number of primary amides is 1. The zero-order chi connectivity index (χ0) is 61.2. The Balaban J connectivity index is 1.08. The monoisotopic (exact) mass is 1190 g/mol. The van der Waals surface area contributed by atoms with Crippen LogP contribution in [0.1, 0.15) is 55.4 Å². The number of fused-ring (bicyclic) bond motifs is 3. The van der Waals surface area contributed by atoms with E-state index in [4.69, 9.17) is 17.2 Å². The molecule has 0 saturated carbocycles. The number of hydrogen-bond donors (Lipinski definition) is 14. The van der Waals surface area contributed by atoms with E-state index in [2.05, 4.69) is 67.5 Å². The molecule has 0 spiro atoms. The first-order chi connectivity index (χ1) is 40.8. The van der Waals surface area contributed by atoms with Crippen molar-refractivity contribution in [1.82, 2.24) is 42.2 Å². The van der Waals surface area contributed by atoms with Crippen molar-refractivity contribution in [2.45, 2.75) is 107 Å². The van der Waals surface area contributed by atoms with E-state index in [0.717, 1.165) is 43.6 Å². The first-order valence-electron chi connectivity index (χ1n) is 28.2. The van der Waals surface area contributed by atoms with Gasteiger partial charge in [-0.05, 0) is 100 Å². The molecule has 6 aromatic carbocycles. The molecular formula is C63H75N11O9S2. The first kappa shape index (κ1) is 64.1. The molecule has 0 aliphatic heterocycles. The highest BCUT2D eigenvalue weighted by Crippen LogP contribution is 2.22. The summed E-state index contributed by atoms with van der Waals surface area (Å²) in [5.41, 5.74) is 21.5. The zero-order valence-corrected chi connectivity index (χ0v) is 49.2. The number of thiol groups is 2. The molecule has 1 aromatic heterocycles. The first-order valence-corrected chi connectivity index (χ1v) is 29.5. The third kappa shape index (κ3) is 18.0. The Morgan fingerprint density at radius 2 is 0.953 bits per heavy atom. The number of nitrogens with two attached hydrogens (primary N) is 3. The van der Waals surface area contributed by atoms with Crippen molar-refractivity contribution in [1.29, 1.82) is 0 Å². The minimum absolute atomic E-state index is 0.0409. The minimum Gasteiger partial charge on any atom is -0.508 e. The van der Waals surface area contributed by atoms with Crippen molar-refractivity contribution in [2.24, 2.45) is 23.1 Å². The van der Waals surface area contributed by atoms with Crippen LogP contribution in [0.3, 0.4) is 0 Å². The Bertz CT molecular complexity index is 3490. The lowest BCUT2D eigenvalue weighted by Gasteiger charge is -2.29. The smallest absolute Gasteiger partial charge is 0.244 e. The van der Waals surface area contributed by atoms with Gasteiger partial charge in [-0.2, -0.15) is 25.3 Å². The molecule has 22 heteroatoms. The second-order valence-corrected chi connectivity index (χ2v) is 22.2. The fourth-order valence-corrected chi connectivity index (χ4v) is 10.4. The van der Waals surface area contributed by atoms with Gasteiger partial charge in [-0.15, -0.1) is 0 Å². The second-order valence-electron chi connectivity index (χ2n) is 21.5. The number of aromatic nitrogens is 1. The fraction of sp³-hybridized carbons (Fsp3) is 0.333. The summed E-state index contributed by atoms with van der Waals surface area (Å²) < 4.78 is 0. The molecular weight excluding hydrogens is 1120 g/mol. The number of aromatic amines is 1. The van der Waals surface area contributed by atoms with E-state index in [-0.39, 0.29) is 55.9 Å². The number of phenols is 1. The van der Waals surface area contributed by atoms with E-state index >= 15 is 0 Å². The van der Waals surface area contributed by atoms with Crippen LogP contribution in [0.25, 0.3) is 32.4 Å². The molecule has 8 amide bonds. The van der Waals surface area contributed by atoms with Crippen LogP contribution in [0.4, 0.5) is 0 Å². The van der Waals surface area contributed by atoms with Gasteiger partial charge in [0.15, 0.2) is 0 Å². The molecule has 15 N–H and O–H groups in total. The van der Waals surface area contributed by atoms with Gasteiger partial charge in [0.1, 0.15) is 48.0 Å². The molecule has 7 rings (SSSR count). The Morgan fingerprint density at radius 3 is 1.52 bits per heavy atom. The molecule has 85 heavy (non-hydrogen) atoms. The van der Waals surface area contributed by atoms with Gasteiger partial charge in [-0.1, -0.05) is 129 Å². The van der Waals surface area contributed by atoms with Crippen LogP contribution in [-0.2, 0) is 64.0 Å². The molecule has 20 nitrogen and oxygen atoms in total. The molecule has 0 bridgehead atoms. The molecule has 0 fully saturated rings. The largest absolute Gasteiger partial charge is 0.508 e. The van der Waals surface area contributed by atoms with Crippen LogP contribution in [-0.4, -0.2) is 124 Å². The van der Waals surface area contributed by atoms with Crippen molar-refractivity contribution < 1.29 is 43.5 Å². The number of nitrogens with one attached hydrogen (secondary N) is 8. The van der Waals surface area contributed by atoms with Crippen LogP contribution in [0.15, 0.2) is 140 Å². The normalized spacial score (nSPS) is 14.2. The summed E-state index contributed by atoms with van der Waals surface area (Å²) in [6.45, 7) is 3.64. The van der Waals surface area contributed by atoms with E-state index in [1.807, 2.05) is 109 Å². The lowest BCUT2D eigenvalue weighted by molar-refractivity contribution is -0.136. The standard InChI is InChI=1S/C63H75N11O9S2/c1-36(2)55(63(83)73-54(35-85)61(81)69-50(56(66)76)31-39-19-23-41-12-4-6-14-43(41)28-39)74-58(78)49(17-9-10-26-64)68-60(80)52(32-44-33-67-48-16-8-7-15-46(44)48)71-59(79)51(30-37-20-24-45(75)25-21-37)70-62(82)53(34-84)72-57(77)47(65)29-38-18-22-40-11-3-5-13-42(40)27-38/h3-8,11-16,18-25,27-28,33,36,47,49-55,67,75,84-85H,9-10,17,26,29-32,34-35,64-65H2,1-2H3,(H2,66,76)(H,68,80)(H,69,81)(H,70,82)(H,71,79)(H,72,77)(H,73,83)(H,74,78)/t47-,49-,50+,51-,52+,53+,54-,55-/m0/s1. The lowest BCUT2D eigenvalue weighted by atomic mass is 9.99. The molecule has 448 valence electrons. The topological polar surface area (TPSA) is 335 Å². The Morgan fingerprint density at radius 1 is 0.494 bits per heavy atom. The Labute approximate surface area is 504 Å². The van der Waals surface area contributed by atoms with Gasteiger partial charge in [-0.25, -0.2) is 0 Å². The number of hydrogen-bond acceptors (Lipinski definition) is 13. The third-order valence-electron chi connectivity index (χ3n) is 14.7. The summed E-state index contributed by atoms with van der Waals surface area (Å²) in [4.78, 5) is 116. The molecule has 0 radical (unpaired) electrons. The fourth-order valence-electron chi connectivity index (χ4n) is 9.91. The second kappa shape index (κ2) is 30.9. The number of benzene rings is 6. The predicted molar refractivity (Wildman–Crippen MR) is 335 cm³/mol. The van der Waals surface area contributed by atoms with Gasteiger partial charge < -0.3 is 64.5 Å². The Kier molecular flexibility index (Phi) is 23.3. The number of H-pyrrole nitrogens is 1. The number of para-hydroxylation sites is 1. The maximum atomic E-state index is 14.9. The maximum absolute atomic E-state index is 14.9. The van der Waals surface area contributed by atoms with E-state index in [9.17, 15) is 43.5 Å². The highest BCUT2D eigenvalue weighted by molar-refractivity contribution is 7.80. The van der Waals surface area contributed by atoms with E-state index in [1.54, 1.807) is 32.2 Å². The van der Waals surface area contributed by atoms with Crippen LogP contribution >= 0.6 is 25.3 Å². The summed E-state index contributed by atoms with van der Waals surface area (Å²) in [5.74, 6) is -6.98. The van der Waals surface area contributed by atoms with Crippen LogP contribution < -0.4 is 54.4 Å². The van der Waals surface area contributed by atoms with Crippen molar-refractivity contribution in [2.75, 3.05) is 18.1 Å². The van der Waals surface area contributed by atoms with Gasteiger partial charge in [-0.3, -0.25) is 38.4 Å². The number of amides is 8. The Hall–Kier alpha value is -8.44. The van der Waals surface area contributed by atoms with Crippen molar-refractivity contribution in [3.05, 3.63) is 162 Å². The molecule has 0 aliphatic carbocycles. The lowest BCUT2D eigenvalue weighted by Crippen LogP contribution is -2.61. The molecule has 0 saturated heterocycles. The number of carbonyl (C=O) groups is 8. The van der Waals surface area contributed by atoms with Gasteiger partial charge in [0.2, 0.25) is 47.3 Å². The minimum atomic E-state index is -1.39. The SMILES string of the molecule is CC(C)[C@H](NC(=O)[C@H](CCCCN)NC(=O)[C@@H](Cc1c[nH]c2ccccc12)NC(=O)[C@H](Cc1ccc(O)cc1)NC(=O)[C@@H](CS)NC(=O)[C@@H](N)Cc1ccc2ccccc2c1)C(=O)N[C@@H](CS)C(=O)N[C@H](Cc1ccc2ccccc2c1)C(N)=O. The molecule has 0 aliphatic rings. The van der Waals surface area contributed by atoms with E-state index < -0.39 is 102 Å². The van der Waals surface area contributed by atoms with Crippen molar-refractivity contribution in [3.8, 4) is 5.75 Å². The summed E-state index contributed by atoms with van der Waals surface area (Å²) in [7, 11) is 0. The van der Waals surface area contributed by atoms with Crippen LogP contribution in [0, 0.1) is 5.92 Å². The van der Waals surface area contributed by atoms with E-state index in [0.29, 0.717) is 24.0 Å². The molecule has 1 heterocycles. The van der Waals surface area contributed by atoms with Gasteiger partial charge in [0, 0.05) is 47.9 Å². The average Bonchev–Trinajstić information content (AvgIpc) is 4.20. The van der Waals surface area contributed by atoms with Gasteiger partial charge >= 0.3 is 0 Å². The van der Waals surface area contributed by atoms with Crippen LogP contribution in [0.5, 0.6) is 5.75 Å². The molecule has 0 unspecified atom stereocenters. The van der Waals surface area contributed by atoms with E-state index in [1.165, 1.54) is 12.1 Å². The zero-order valence-electron chi connectivity index (χ0n) is 47.4. The van der Waals surface area contributed by atoms with Gasteiger partial charge in [0.05, 0.1) is 6.04 Å². The number of unbranched alkanes of at least 4 members (excludes halogenated alkanes) is 1. The maximum Gasteiger partial charge on any atom is 0.244 e. The van der Waals surface area contributed by atoms with Crippen LogP contribution in [0.2, 0.25) is 0 Å². The molecule has 7 aromatic rings. The average molecular weight is 1190 g/mol. The number of carbonyl (C=O) groups excluding carboxylic acids is 8. The highest BCUT2D eigenvalue weighted by Gasteiger charge is 2.35. The summed E-state index contributed by atoms with van der Waals surface area (Å²) in [6.07, 6.45) is 2.60.